The molecule has 33 heavy (non-hydrogen) atoms. The average Bonchev–Trinajstić information content (AvgIpc) is 3.42. The van der Waals surface area contributed by atoms with Crippen molar-refractivity contribution in [3.63, 3.8) is 0 Å². The normalized spacial score (nSPS) is 20.7. The Balaban J connectivity index is 1.59. The number of Topliss-reactive ketones (excluding diaryl/α,β-unsaturated/α-hetero) is 1. The zero-order chi connectivity index (χ0) is 23.3. The number of hydrogen-bond donors (Lipinski definition) is 0. The molecular weight excluding hydrogens is 456 g/mol. The van der Waals surface area contributed by atoms with E-state index in [0.29, 0.717) is 30.1 Å². The van der Waals surface area contributed by atoms with Gasteiger partial charge in [-0.25, -0.2) is 8.42 Å². The van der Waals surface area contributed by atoms with Crippen molar-refractivity contribution in [3.05, 3.63) is 64.3 Å². The molecule has 2 aromatic carbocycles. The summed E-state index contributed by atoms with van der Waals surface area (Å²) in [4.78, 5) is 16.1. The van der Waals surface area contributed by atoms with E-state index < -0.39 is 9.84 Å². The number of fused-ring (bicyclic) bond motifs is 3. The van der Waals surface area contributed by atoms with E-state index in [-0.39, 0.29) is 11.5 Å². The molecule has 2 bridgehead atoms. The van der Waals surface area contributed by atoms with Gasteiger partial charge in [-0.1, -0.05) is 23.7 Å². The Morgan fingerprint density at radius 3 is 2.27 bits per heavy atom. The van der Waals surface area contributed by atoms with Gasteiger partial charge in [0, 0.05) is 45.7 Å². The van der Waals surface area contributed by atoms with Crippen LogP contribution in [0.3, 0.4) is 0 Å². The van der Waals surface area contributed by atoms with Gasteiger partial charge in [0.15, 0.2) is 5.78 Å². The zero-order valence-electron chi connectivity index (χ0n) is 19.1. The van der Waals surface area contributed by atoms with Crippen LogP contribution in [0.25, 0.3) is 16.6 Å². The number of halogens is 1. The molecule has 5 nitrogen and oxygen atoms in total. The fourth-order valence-corrected chi connectivity index (χ4v) is 6.45. The first kappa shape index (κ1) is 22.6. The van der Waals surface area contributed by atoms with E-state index in [1.54, 1.807) is 0 Å². The summed E-state index contributed by atoms with van der Waals surface area (Å²) in [5, 5.41) is 1.57. The third-order valence-electron chi connectivity index (χ3n) is 7.33. The number of carbonyl (C=O) groups excluding carboxylic acids is 1. The molecule has 2 aliphatic rings. The lowest BCUT2D eigenvalue weighted by molar-refractivity contribution is 0.0919. The maximum atomic E-state index is 13.6. The highest BCUT2D eigenvalue weighted by molar-refractivity contribution is 7.90. The lowest BCUT2D eigenvalue weighted by Gasteiger charge is -2.20. The molecule has 2 saturated heterocycles. The van der Waals surface area contributed by atoms with Gasteiger partial charge in [-0.15, -0.1) is 0 Å². The van der Waals surface area contributed by atoms with Gasteiger partial charge < -0.3 is 4.57 Å². The van der Waals surface area contributed by atoms with Gasteiger partial charge in [-0.2, -0.15) is 0 Å². The standard InChI is InChI=1S/C26H29ClN2O3S/c1-17-26(25(30)16-28-20-8-9-21(28)11-10-20)23-12-3-18(13-14-33(2,31)32)15-24(23)29(17)22-6-4-19(27)5-7-22/h3-7,12,15,20-21H,8-11,13-14,16H2,1-2H3/t20-,21+. The highest BCUT2D eigenvalue weighted by Gasteiger charge is 2.40. The number of sulfone groups is 1. The minimum atomic E-state index is -3.06. The van der Waals surface area contributed by atoms with Crippen LogP contribution >= 0.6 is 11.6 Å². The molecule has 0 amide bonds. The molecule has 5 rings (SSSR count). The van der Waals surface area contributed by atoms with Gasteiger partial charge in [0.1, 0.15) is 9.84 Å². The molecule has 0 saturated carbocycles. The molecular formula is C26H29ClN2O3S. The first-order valence-corrected chi connectivity index (χ1v) is 14.0. The first-order valence-electron chi connectivity index (χ1n) is 11.6. The minimum Gasteiger partial charge on any atom is -0.313 e. The van der Waals surface area contributed by atoms with Crippen LogP contribution in [0.1, 0.15) is 47.3 Å². The van der Waals surface area contributed by atoms with Crippen molar-refractivity contribution in [3.8, 4) is 5.69 Å². The van der Waals surface area contributed by atoms with Gasteiger partial charge in [-0.05, 0) is 74.9 Å². The number of carbonyl (C=O) groups is 1. The summed E-state index contributed by atoms with van der Waals surface area (Å²) in [6.45, 7) is 2.46. The van der Waals surface area contributed by atoms with E-state index >= 15 is 0 Å². The van der Waals surface area contributed by atoms with Gasteiger partial charge in [0.05, 0.1) is 17.8 Å². The summed E-state index contributed by atoms with van der Waals surface area (Å²) in [5.74, 6) is 0.260. The fraction of sp³-hybridized carbons (Fsp3) is 0.423. The SMILES string of the molecule is Cc1c(C(=O)CN2[C@H]3CC[C@@H]2CC3)c2ccc(CCS(C)(=O)=O)cc2n1-c1ccc(Cl)cc1. The largest absolute Gasteiger partial charge is 0.313 e. The third kappa shape index (κ3) is 4.36. The van der Waals surface area contributed by atoms with Gasteiger partial charge in [-0.3, -0.25) is 9.69 Å². The van der Waals surface area contributed by atoms with Crippen molar-refractivity contribution in [1.29, 1.82) is 0 Å². The Hall–Kier alpha value is -2.15. The van der Waals surface area contributed by atoms with Gasteiger partial charge >= 0.3 is 0 Å². The lowest BCUT2D eigenvalue weighted by atomic mass is 10.0. The Labute approximate surface area is 200 Å². The quantitative estimate of drug-likeness (QED) is 0.443. The second-order valence-corrected chi connectivity index (χ2v) is 12.3. The average molecular weight is 485 g/mol. The van der Waals surface area contributed by atoms with Crippen LogP contribution < -0.4 is 0 Å². The molecule has 3 heterocycles. The Bertz CT molecular complexity index is 1310. The van der Waals surface area contributed by atoms with Gasteiger partial charge in [0.25, 0.3) is 0 Å². The predicted octanol–water partition coefficient (Wildman–Crippen LogP) is 4.99. The molecule has 2 aliphatic heterocycles. The number of hydrogen-bond acceptors (Lipinski definition) is 4. The van der Waals surface area contributed by atoms with Crippen molar-refractivity contribution in [2.75, 3.05) is 18.6 Å². The summed E-state index contributed by atoms with van der Waals surface area (Å²) >= 11 is 6.12. The number of benzene rings is 2. The molecule has 0 atom stereocenters. The molecule has 0 radical (unpaired) electrons. The second kappa shape index (κ2) is 8.57. The Kier molecular flexibility index (Phi) is 5.88. The topological polar surface area (TPSA) is 59.4 Å². The maximum absolute atomic E-state index is 13.6. The predicted molar refractivity (Wildman–Crippen MR) is 134 cm³/mol. The van der Waals surface area contributed by atoms with E-state index in [1.165, 1.54) is 31.9 Å². The molecule has 2 fully saturated rings. The molecule has 174 valence electrons. The molecule has 0 aliphatic carbocycles. The van der Waals surface area contributed by atoms with Crippen molar-refractivity contribution in [1.82, 2.24) is 9.47 Å². The molecule has 7 heteroatoms. The van der Waals surface area contributed by atoms with Crippen LogP contribution in [0, 0.1) is 6.92 Å². The number of ketones is 1. The van der Waals surface area contributed by atoms with Crippen LogP contribution in [0.15, 0.2) is 42.5 Å². The smallest absolute Gasteiger partial charge is 0.179 e. The van der Waals surface area contributed by atoms with Crippen LogP contribution in [0.5, 0.6) is 0 Å². The summed E-state index contributed by atoms with van der Waals surface area (Å²) < 4.78 is 25.5. The molecule has 1 aromatic heterocycles. The van der Waals surface area contributed by atoms with Crippen molar-refractivity contribution >= 4 is 38.1 Å². The van der Waals surface area contributed by atoms with Crippen LogP contribution in [-0.2, 0) is 16.3 Å². The van der Waals surface area contributed by atoms with Crippen LogP contribution in [0.2, 0.25) is 5.02 Å². The molecule has 0 N–H and O–H groups in total. The number of nitrogens with zero attached hydrogens (tertiary/aromatic N) is 2. The summed E-state index contributed by atoms with van der Waals surface area (Å²) in [7, 11) is -3.06. The van der Waals surface area contributed by atoms with Crippen molar-refractivity contribution < 1.29 is 13.2 Å². The van der Waals surface area contributed by atoms with E-state index in [2.05, 4.69) is 9.47 Å². The molecule has 3 aromatic rings. The van der Waals surface area contributed by atoms with Crippen LogP contribution in [0.4, 0.5) is 0 Å². The van der Waals surface area contributed by atoms with Crippen LogP contribution in [-0.4, -0.2) is 54.3 Å². The molecule has 0 unspecified atom stereocenters. The van der Waals surface area contributed by atoms with Crippen molar-refractivity contribution in [2.24, 2.45) is 0 Å². The summed E-state index contributed by atoms with van der Waals surface area (Å²) in [6, 6.07) is 14.7. The van der Waals surface area contributed by atoms with E-state index in [4.69, 9.17) is 11.6 Å². The highest BCUT2D eigenvalue weighted by atomic mass is 35.5. The number of aryl methyl sites for hydroxylation is 1. The van der Waals surface area contributed by atoms with Crippen molar-refractivity contribution in [2.45, 2.75) is 51.1 Å². The van der Waals surface area contributed by atoms with E-state index in [1.807, 2.05) is 49.4 Å². The first-order chi connectivity index (χ1) is 15.7. The Morgan fingerprint density at radius 2 is 1.67 bits per heavy atom. The Morgan fingerprint density at radius 1 is 1.03 bits per heavy atom. The summed E-state index contributed by atoms with van der Waals surface area (Å²) in [5.41, 5.74) is 4.47. The fourth-order valence-electron chi connectivity index (χ4n) is 5.72. The van der Waals surface area contributed by atoms with E-state index in [0.717, 1.165) is 33.4 Å². The lowest BCUT2D eigenvalue weighted by Crippen LogP contribution is -2.34. The third-order valence-corrected chi connectivity index (χ3v) is 8.52. The monoisotopic (exact) mass is 484 g/mol. The highest BCUT2D eigenvalue weighted by Crippen LogP contribution is 2.38. The minimum absolute atomic E-state index is 0.0999. The zero-order valence-corrected chi connectivity index (χ0v) is 20.6. The number of rotatable bonds is 7. The maximum Gasteiger partial charge on any atom is 0.179 e. The molecule has 0 spiro atoms. The summed E-state index contributed by atoms with van der Waals surface area (Å²) in [6.07, 6.45) is 6.51. The number of aromatic nitrogens is 1. The van der Waals surface area contributed by atoms with E-state index in [9.17, 15) is 13.2 Å². The second-order valence-electron chi connectivity index (χ2n) is 9.56. The van der Waals surface area contributed by atoms with Gasteiger partial charge in [0.2, 0.25) is 0 Å².